The van der Waals surface area contributed by atoms with E-state index in [1.54, 1.807) is 28.2 Å². The van der Waals surface area contributed by atoms with Crippen LogP contribution in [0.5, 0.6) is 0 Å². The van der Waals surface area contributed by atoms with Crippen molar-refractivity contribution in [1.82, 2.24) is 0 Å². The van der Waals surface area contributed by atoms with E-state index in [-0.39, 0.29) is 29.1 Å². The van der Waals surface area contributed by atoms with Crippen LogP contribution in [0, 0.1) is 13.3 Å². The summed E-state index contributed by atoms with van der Waals surface area (Å²) in [5.74, 6) is 0.953. The van der Waals surface area contributed by atoms with E-state index in [9.17, 15) is 0 Å². The van der Waals surface area contributed by atoms with Crippen molar-refractivity contribution in [2.24, 2.45) is 5.92 Å². The molecule has 0 saturated heterocycles. The molecule has 112 valence electrons. The van der Waals surface area contributed by atoms with E-state index in [0.29, 0.717) is 6.85 Å². The van der Waals surface area contributed by atoms with E-state index in [1.807, 2.05) is 7.05 Å². The Kier molecular flexibility index (Phi) is 32.6. The van der Waals surface area contributed by atoms with E-state index < -0.39 is 0 Å². The van der Waals surface area contributed by atoms with Gasteiger partial charge in [0.2, 0.25) is 0 Å². The van der Waals surface area contributed by atoms with Gasteiger partial charge in [-0.2, -0.15) is 35.2 Å². The summed E-state index contributed by atoms with van der Waals surface area (Å²) in [7, 11) is 8.93. The molecule has 1 rings (SSSR count). The quantitative estimate of drug-likeness (QED) is 0.273. The first-order chi connectivity index (χ1) is 8.06. The summed E-state index contributed by atoms with van der Waals surface area (Å²) in [5, 5.41) is 11.3. The maximum absolute atomic E-state index is 4.28. The average Bonchev–Trinajstić information content (AvgIpc) is 2.66. The Hall–Kier alpha value is 1.39. The molecule has 2 atom stereocenters. The smallest absolute Gasteiger partial charge is 0.689 e. The summed E-state index contributed by atoms with van der Waals surface area (Å²) in [5.41, 5.74) is 0. The molecule has 2 unspecified atom stereocenters. The number of halogens is 1. The summed E-state index contributed by atoms with van der Waals surface area (Å²) < 4.78 is 0.928. The van der Waals surface area contributed by atoms with Crippen molar-refractivity contribution in [2.45, 2.75) is 36.3 Å². The van der Waals surface area contributed by atoms with Crippen molar-refractivity contribution < 1.29 is 21.7 Å². The summed E-state index contributed by atoms with van der Waals surface area (Å²) in [6.45, 7) is 2.80. The van der Waals surface area contributed by atoms with Crippen LogP contribution >= 0.6 is 22.6 Å². The van der Waals surface area contributed by atoms with Gasteiger partial charge in [-0.15, -0.1) is 6.82 Å². The molecule has 3 nitrogen and oxygen atoms in total. The molecule has 0 radical (unpaired) electrons. The molecule has 6 heteroatoms. The second-order valence-corrected chi connectivity index (χ2v) is 6.04. The predicted molar refractivity (Wildman–Crippen MR) is 97.7 cm³/mol. The van der Waals surface area contributed by atoms with Crippen LogP contribution in [0.15, 0.2) is 0 Å². The van der Waals surface area contributed by atoms with Crippen LogP contribution in [-0.4, -0.2) is 46.0 Å². The number of nitrogens with zero attached hydrogens (tertiary/aromatic N) is 3. The van der Waals surface area contributed by atoms with Gasteiger partial charge in [-0.1, -0.05) is 41.8 Å². The minimum absolute atomic E-state index is 0. The van der Waals surface area contributed by atoms with Gasteiger partial charge in [-0.25, -0.2) is 0 Å². The maximum atomic E-state index is 4.28. The Bertz CT molecular complexity index is 154. The molecular weight excluding hydrogens is 384 g/mol. The van der Waals surface area contributed by atoms with Gasteiger partial charge in [0.1, 0.15) is 0 Å². The van der Waals surface area contributed by atoms with E-state index in [0.717, 1.165) is 9.84 Å². The van der Waals surface area contributed by atoms with E-state index in [4.69, 9.17) is 0 Å². The van der Waals surface area contributed by atoms with Gasteiger partial charge in [0.15, 0.2) is 0 Å². The van der Waals surface area contributed by atoms with Crippen molar-refractivity contribution in [3.8, 4) is 0 Å². The molecule has 0 N–H and O–H groups in total. The number of rotatable bonds is 3. The second-order valence-electron chi connectivity index (χ2n) is 4.44. The largest absolute Gasteiger partial charge is 4.00 e. The molecule has 1 saturated carbocycles. The van der Waals surface area contributed by atoms with Crippen LogP contribution in [0.25, 0.3) is 15.9 Å². The minimum Gasteiger partial charge on any atom is -0.689 e. The average molecular weight is 415 g/mol. The predicted octanol–water partition coefficient (Wildman–Crippen LogP) is 4.90. The zero-order chi connectivity index (χ0) is 13.7. The molecule has 0 aromatic rings. The van der Waals surface area contributed by atoms with Gasteiger partial charge in [0.25, 0.3) is 0 Å². The molecular formula is C13H31BIN3Ti. The third-order valence-corrected chi connectivity index (χ3v) is 4.29. The van der Waals surface area contributed by atoms with Gasteiger partial charge < -0.3 is 23.3 Å². The van der Waals surface area contributed by atoms with E-state index >= 15 is 0 Å². The summed E-state index contributed by atoms with van der Waals surface area (Å²) in [6.07, 6.45) is 5.62. The standard InChI is InChI=1S/C8H16BIN.2C2H6N.CH3.Ti/c1-9(11-2)6-7-4-3-5-8(7)10;2*1-3-2;;/h7-8H,3-6H2,1-2H3;2*1-2H3;1H3;/q4*-1;+4. The number of alkyl halides is 1. The molecule has 0 amide bonds. The van der Waals surface area contributed by atoms with Gasteiger partial charge in [0, 0.05) is 10.8 Å². The van der Waals surface area contributed by atoms with Crippen LogP contribution in [0.1, 0.15) is 19.3 Å². The van der Waals surface area contributed by atoms with Gasteiger partial charge in [0.05, 0.1) is 0 Å². The molecule has 1 aliphatic carbocycles. The van der Waals surface area contributed by atoms with Crippen LogP contribution < -0.4 is 0 Å². The Morgan fingerprint density at radius 3 is 1.74 bits per heavy atom. The Morgan fingerprint density at radius 1 is 1.05 bits per heavy atom. The number of hydrogen-bond donors (Lipinski definition) is 0. The molecule has 1 fully saturated rings. The van der Waals surface area contributed by atoms with Crippen molar-refractivity contribution in [3.63, 3.8) is 0 Å². The minimum atomic E-state index is 0. The van der Waals surface area contributed by atoms with Crippen LogP contribution in [-0.2, 0) is 21.7 Å². The molecule has 0 aromatic heterocycles. The zero-order valence-corrected chi connectivity index (χ0v) is 17.5. The molecule has 0 heterocycles. The fourth-order valence-corrected chi connectivity index (χ4v) is 2.89. The monoisotopic (exact) mass is 415 g/mol. The first-order valence-electron chi connectivity index (χ1n) is 6.26. The molecule has 19 heavy (non-hydrogen) atoms. The molecule has 0 aromatic carbocycles. The van der Waals surface area contributed by atoms with Gasteiger partial charge >= 0.3 is 21.7 Å². The van der Waals surface area contributed by atoms with Crippen molar-refractivity contribution in [2.75, 3.05) is 35.2 Å². The summed E-state index contributed by atoms with van der Waals surface area (Å²) >= 11 is 2.60. The SMILES string of the molecule is C[N-]B(C)CC1CCCC1I.C[N-]C.C[N-]C.[CH3-].[Ti+4]. The van der Waals surface area contributed by atoms with E-state index in [1.165, 1.54) is 25.6 Å². The first kappa shape index (κ1) is 28.5. The summed E-state index contributed by atoms with van der Waals surface area (Å²) in [6, 6.07) is 0. The van der Waals surface area contributed by atoms with Gasteiger partial charge in [-0.05, 0) is 12.3 Å². The molecule has 0 aliphatic heterocycles. The Morgan fingerprint density at radius 2 is 1.47 bits per heavy atom. The fourth-order valence-electron chi connectivity index (χ4n) is 1.80. The normalized spacial score (nSPS) is 19.7. The van der Waals surface area contributed by atoms with Crippen molar-refractivity contribution in [1.29, 1.82) is 0 Å². The number of hydrogen-bond acceptors (Lipinski definition) is 0. The molecule has 0 spiro atoms. The third kappa shape index (κ3) is 19.4. The van der Waals surface area contributed by atoms with Crippen LogP contribution in [0.2, 0.25) is 13.1 Å². The molecule has 0 bridgehead atoms. The van der Waals surface area contributed by atoms with Crippen LogP contribution in [0.4, 0.5) is 0 Å². The topological polar surface area (TPSA) is 42.3 Å². The Labute approximate surface area is 151 Å². The van der Waals surface area contributed by atoms with Crippen molar-refractivity contribution in [3.05, 3.63) is 23.3 Å². The Balaban J connectivity index is -0.000000122. The molecule has 1 aliphatic rings. The zero-order valence-electron chi connectivity index (χ0n) is 13.8. The fraction of sp³-hybridized carbons (Fsp3) is 0.923. The van der Waals surface area contributed by atoms with E-state index in [2.05, 4.69) is 45.3 Å². The summed E-state index contributed by atoms with van der Waals surface area (Å²) in [4.78, 5) is 0. The van der Waals surface area contributed by atoms with Crippen LogP contribution in [0.3, 0.4) is 0 Å². The second kappa shape index (κ2) is 21.7. The third-order valence-electron chi connectivity index (χ3n) is 2.65. The van der Waals surface area contributed by atoms with Crippen molar-refractivity contribution >= 4 is 29.4 Å². The maximum Gasteiger partial charge on any atom is 4.00 e. The van der Waals surface area contributed by atoms with Gasteiger partial charge in [-0.3, -0.25) is 0 Å². The first-order valence-corrected chi connectivity index (χ1v) is 7.50.